The van der Waals surface area contributed by atoms with Gasteiger partial charge in [-0.3, -0.25) is 5.10 Å². The lowest BCUT2D eigenvalue weighted by Gasteiger charge is -2.04. The predicted molar refractivity (Wildman–Crippen MR) is 66.4 cm³/mol. The lowest BCUT2D eigenvalue weighted by atomic mass is 10.1. The molecular weight excluding hydrogens is 222 g/mol. The topological polar surface area (TPSA) is 40.7 Å². The van der Waals surface area contributed by atoms with Crippen molar-refractivity contribution in [2.24, 2.45) is 0 Å². The SMILES string of the molecule is CCNCc1cn[nH]c1-c1cccc(Cl)c1. The van der Waals surface area contributed by atoms with Crippen molar-refractivity contribution in [2.45, 2.75) is 13.5 Å². The van der Waals surface area contributed by atoms with Gasteiger partial charge in [-0.1, -0.05) is 30.7 Å². The number of benzene rings is 1. The number of H-pyrrole nitrogens is 1. The average Bonchev–Trinajstić information content (AvgIpc) is 2.74. The number of nitrogens with one attached hydrogen (secondary N) is 2. The van der Waals surface area contributed by atoms with E-state index in [0.717, 1.165) is 34.9 Å². The standard InChI is InChI=1S/C12H14ClN3/c1-2-14-7-10-8-15-16-12(10)9-4-3-5-11(13)6-9/h3-6,8,14H,2,7H2,1H3,(H,15,16). The van der Waals surface area contributed by atoms with Crippen LogP contribution in [-0.2, 0) is 6.54 Å². The first kappa shape index (κ1) is 11.2. The minimum absolute atomic E-state index is 0.738. The molecule has 3 nitrogen and oxygen atoms in total. The first-order chi connectivity index (χ1) is 7.81. The molecule has 0 atom stereocenters. The number of nitrogens with zero attached hydrogens (tertiary/aromatic N) is 1. The van der Waals surface area contributed by atoms with E-state index in [4.69, 9.17) is 11.6 Å². The van der Waals surface area contributed by atoms with Gasteiger partial charge in [-0.15, -0.1) is 0 Å². The second-order valence-corrected chi connectivity index (χ2v) is 4.00. The molecule has 0 aliphatic carbocycles. The summed E-state index contributed by atoms with van der Waals surface area (Å²) in [4.78, 5) is 0. The molecule has 84 valence electrons. The number of hydrogen-bond donors (Lipinski definition) is 2. The maximum absolute atomic E-state index is 5.97. The van der Waals surface area contributed by atoms with Crippen molar-refractivity contribution >= 4 is 11.6 Å². The highest BCUT2D eigenvalue weighted by Gasteiger charge is 2.07. The molecule has 0 bridgehead atoms. The van der Waals surface area contributed by atoms with Crippen LogP contribution in [-0.4, -0.2) is 16.7 Å². The third kappa shape index (κ3) is 2.43. The molecule has 0 amide bonds. The van der Waals surface area contributed by atoms with Crippen LogP contribution < -0.4 is 5.32 Å². The Morgan fingerprint density at radius 2 is 2.31 bits per heavy atom. The number of aromatic nitrogens is 2. The molecule has 2 rings (SSSR count). The summed E-state index contributed by atoms with van der Waals surface area (Å²) in [5, 5.41) is 11.1. The Morgan fingerprint density at radius 3 is 3.06 bits per heavy atom. The quantitative estimate of drug-likeness (QED) is 0.856. The first-order valence-corrected chi connectivity index (χ1v) is 5.68. The molecular formula is C12H14ClN3. The predicted octanol–water partition coefficient (Wildman–Crippen LogP) is 2.84. The van der Waals surface area contributed by atoms with E-state index in [0.29, 0.717) is 0 Å². The Morgan fingerprint density at radius 1 is 1.44 bits per heavy atom. The van der Waals surface area contributed by atoms with Gasteiger partial charge in [-0.2, -0.15) is 5.10 Å². The van der Waals surface area contributed by atoms with E-state index in [9.17, 15) is 0 Å². The zero-order valence-electron chi connectivity index (χ0n) is 9.13. The summed E-state index contributed by atoms with van der Waals surface area (Å²) in [5.74, 6) is 0. The molecule has 0 aliphatic rings. The van der Waals surface area contributed by atoms with E-state index in [1.165, 1.54) is 0 Å². The van der Waals surface area contributed by atoms with Crippen molar-refractivity contribution in [3.8, 4) is 11.3 Å². The summed E-state index contributed by atoms with van der Waals surface area (Å²) >= 11 is 5.97. The lowest BCUT2D eigenvalue weighted by Crippen LogP contribution is -2.11. The van der Waals surface area contributed by atoms with Crippen molar-refractivity contribution in [1.29, 1.82) is 0 Å². The van der Waals surface area contributed by atoms with Crippen LogP contribution in [0.1, 0.15) is 12.5 Å². The minimum atomic E-state index is 0.738. The van der Waals surface area contributed by atoms with Crippen LogP contribution >= 0.6 is 11.6 Å². The van der Waals surface area contributed by atoms with E-state index in [1.807, 2.05) is 30.5 Å². The van der Waals surface area contributed by atoms with Gasteiger partial charge >= 0.3 is 0 Å². The summed E-state index contributed by atoms with van der Waals surface area (Å²) < 4.78 is 0. The maximum atomic E-state index is 5.97. The highest BCUT2D eigenvalue weighted by atomic mass is 35.5. The van der Waals surface area contributed by atoms with Crippen LogP contribution in [0.4, 0.5) is 0 Å². The molecule has 1 heterocycles. The molecule has 1 aromatic carbocycles. The molecule has 0 aliphatic heterocycles. The molecule has 0 radical (unpaired) electrons. The van der Waals surface area contributed by atoms with Crippen LogP contribution in [0.15, 0.2) is 30.5 Å². The molecule has 0 saturated carbocycles. The highest BCUT2D eigenvalue weighted by Crippen LogP contribution is 2.23. The van der Waals surface area contributed by atoms with Crippen LogP contribution in [0.5, 0.6) is 0 Å². The molecule has 2 aromatic rings. The van der Waals surface area contributed by atoms with Gasteiger partial charge in [0.15, 0.2) is 0 Å². The van der Waals surface area contributed by atoms with E-state index in [2.05, 4.69) is 22.4 Å². The smallest absolute Gasteiger partial charge is 0.0695 e. The molecule has 4 heteroatoms. The maximum Gasteiger partial charge on any atom is 0.0695 e. The van der Waals surface area contributed by atoms with Gasteiger partial charge in [0.05, 0.1) is 11.9 Å². The van der Waals surface area contributed by atoms with Crippen molar-refractivity contribution in [3.05, 3.63) is 41.0 Å². The van der Waals surface area contributed by atoms with E-state index >= 15 is 0 Å². The lowest BCUT2D eigenvalue weighted by molar-refractivity contribution is 0.728. The van der Waals surface area contributed by atoms with Crippen LogP contribution in [0.25, 0.3) is 11.3 Å². The summed E-state index contributed by atoms with van der Waals surface area (Å²) in [5.41, 5.74) is 3.26. The van der Waals surface area contributed by atoms with E-state index < -0.39 is 0 Å². The number of aromatic amines is 1. The molecule has 0 spiro atoms. The fraction of sp³-hybridized carbons (Fsp3) is 0.250. The molecule has 0 unspecified atom stereocenters. The van der Waals surface area contributed by atoms with Crippen LogP contribution in [0.2, 0.25) is 5.02 Å². The second kappa shape index (κ2) is 5.14. The van der Waals surface area contributed by atoms with Crippen LogP contribution in [0, 0.1) is 0 Å². The molecule has 2 N–H and O–H groups in total. The minimum Gasteiger partial charge on any atom is -0.313 e. The molecule has 0 fully saturated rings. The van der Waals surface area contributed by atoms with E-state index in [-0.39, 0.29) is 0 Å². The fourth-order valence-corrected chi connectivity index (χ4v) is 1.79. The van der Waals surface area contributed by atoms with Gasteiger partial charge in [-0.25, -0.2) is 0 Å². The number of halogens is 1. The third-order valence-electron chi connectivity index (χ3n) is 2.40. The molecule has 0 saturated heterocycles. The van der Waals surface area contributed by atoms with Gasteiger partial charge in [-0.05, 0) is 18.7 Å². The molecule has 16 heavy (non-hydrogen) atoms. The Labute approximate surface area is 99.8 Å². The monoisotopic (exact) mass is 235 g/mol. The summed E-state index contributed by atoms with van der Waals surface area (Å²) in [7, 11) is 0. The second-order valence-electron chi connectivity index (χ2n) is 3.56. The van der Waals surface area contributed by atoms with Gasteiger partial charge in [0.2, 0.25) is 0 Å². The van der Waals surface area contributed by atoms with Gasteiger partial charge in [0.25, 0.3) is 0 Å². The zero-order valence-corrected chi connectivity index (χ0v) is 9.88. The average molecular weight is 236 g/mol. The molecule has 1 aromatic heterocycles. The Kier molecular flexibility index (Phi) is 3.59. The van der Waals surface area contributed by atoms with Crippen LogP contribution in [0.3, 0.4) is 0 Å². The Hall–Kier alpha value is -1.32. The highest BCUT2D eigenvalue weighted by molar-refractivity contribution is 6.30. The third-order valence-corrected chi connectivity index (χ3v) is 2.63. The van der Waals surface area contributed by atoms with Crippen molar-refractivity contribution in [3.63, 3.8) is 0 Å². The summed E-state index contributed by atoms with van der Waals surface area (Å²) in [6.07, 6.45) is 1.85. The first-order valence-electron chi connectivity index (χ1n) is 5.30. The Balaban J connectivity index is 2.29. The van der Waals surface area contributed by atoms with Crippen molar-refractivity contribution in [1.82, 2.24) is 15.5 Å². The van der Waals surface area contributed by atoms with Gasteiger partial charge in [0.1, 0.15) is 0 Å². The number of hydrogen-bond acceptors (Lipinski definition) is 2. The van der Waals surface area contributed by atoms with Crippen molar-refractivity contribution < 1.29 is 0 Å². The van der Waals surface area contributed by atoms with Gasteiger partial charge in [0, 0.05) is 22.7 Å². The normalized spacial score (nSPS) is 10.6. The summed E-state index contributed by atoms with van der Waals surface area (Å²) in [6, 6.07) is 7.76. The number of rotatable bonds is 4. The summed E-state index contributed by atoms with van der Waals surface area (Å²) in [6.45, 7) is 3.84. The van der Waals surface area contributed by atoms with Crippen molar-refractivity contribution in [2.75, 3.05) is 6.54 Å². The van der Waals surface area contributed by atoms with Gasteiger partial charge < -0.3 is 5.32 Å². The zero-order chi connectivity index (χ0) is 11.4. The van der Waals surface area contributed by atoms with E-state index in [1.54, 1.807) is 0 Å². The Bertz CT molecular complexity index is 465. The largest absolute Gasteiger partial charge is 0.313 e. The fourth-order valence-electron chi connectivity index (χ4n) is 1.60.